The first-order valence-corrected chi connectivity index (χ1v) is 8.46. The predicted molar refractivity (Wildman–Crippen MR) is 99.9 cm³/mol. The van der Waals surface area contributed by atoms with Gasteiger partial charge in [0.15, 0.2) is 5.82 Å². The number of anilines is 2. The number of imidazole rings is 1. The standard InChI is InChI=1S/C17H20ClN5O3/c1-3-23-11-19-9-13(23)10-20-17-14(22-15(24)8-18)6-4-12(21-17)5-7-16(25)26-2/h4-7,9,11H,3,8,10H2,1-2H3,(H,20,21)(H,22,24)/b7-5+. The monoisotopic (exact) mass is 377 g/mol. The van der Waals surface area contributed by atoms with Crippen molar-refractivity contribution in [3.05, 3.63) is 42.1 Å². The normalized spacial score (nSPS) is 10.7. The van der Waals surface area contributed by atoms with E-state index in [0.717, 1.165) is 12.2 Å². The summed E-state index contributed by atoms with van der Waals surface area (Å²) >= 11 is 5.56. The van der Waals surface area contributed by atoms with Crippen molar-refractivity contribution in [2.45, 2.75) is 20.0 Å². The number of aromatic nitrogens is 3. The first-order chi connectivity index (χ1) is 12.6. The third-order valence-corrected chi connectivity index (χ3v) is 3.72. The van der Waals surface area contributed by atoms with E-state index in [4.69, 9.17) is 11.6 Å². The molecule has 2 N–H and O–H groups in total. The quantitative estimate of drug-likeness (QED) is 0.416. The maximum atomic E-state index is 11.6. The van der Waals surface area contributed by atoms with Crippen LogP contribution in [0.25, 0.3) is 6.08 Å². The van der Waals surface area contributed by atoms with Crippen LogP contribution in [0.5, 0.6) is 0 Å². The molecular formula is C17H20ClN5O3. The number of methoxy groups -OCH3 is 1. The zero-order valence-corrected chi connectivity index (χ0v) is 15.3. The highest BCUT2D eigenvalue weighted by Gasteiger charge is 2.10. The summed E-state index contributed by atoms with van der Waals surface area (Å²) < 4.78 is 6.56. The SMILES string of the molecule is CCn1cncc1CNc1nc(/C=C/C(=O)OC)ccc1NC(=O)CCl. The van der Waals surface area contributed by atoms with Crippen molar-refractivity contribution >= 4 is 41.1 Å². The van der Waals surface area contributed by atoms with Crippen LogP contribution < -0.4 is 10.6 Å². The number of nitrogens with one attached hydrogen (secondary N) is 2. The molecule has 2 heterocycles. The Morgan fingerprint density at radius 3 is 2.88 bits per heavy atom. The minimum absolute atomic E-state index is 0.161. The first-order valence-electron chi connectivity index (χ1n) is 7.93. The fourth-order valence-electron chi connectivity index (χ4n) is 2.16. The predicted octanol–water partition coefficient (Wildman–Crippen LogP) is 2.27. The highest BCUT2D eigenvalue weighted by atomic mass is 35.5. The molecule has 26 heavy (non-hydrogen) atoms. The minimum atomic E-state index is -0.479. The number of hydrogen-bond donors (Lipinski definition) is 2. The maximum absolute atomic E-state index is 11.6. The Hall–Kier alpha value is -2.87. The summed E-state index contributed by atoms with van der Waals surface area (Å²) in [6.07, 6.45) is 6.31. The molecular weight excluding hydrogens is 358 g/mol. The summed E-state index contributed by atoms with van der Waals surface area (Å²) in [5, 5.41) is 5.87. The molecule has 8 nitrogen and oxygen atoms in total. The van der Waals surface area contributed by atoms with Gasteiger partial charge >= 0.3 is 5.97 Å². The molecule has 0 aliphatic rings. The number of nitrogens with zero attached hydrogens (tertiary/aromatic N) is 3. The van der Waals surface area contributed by atoms with Crippen molar-refractivity contribution in [1.29, 1.82) is 0 Å². The van der Waals surface area contributed by atoms with Gasteiger partial charge in [-0.3, -0.25) is 4.79 Å². The van der Waals surface area contributed by atoms with Gasteiger partial charge in [-0.15, -0.1) is 11.6 Å². The smallest absolute Gasteiger partial charge is 0.330 e. The summed E-state index contributed by atoms with van der Waals surface area (Å²) in [6, 6.07) is 3.36. The van der Waals surface area contributed by atoms with Gasteiger partial charge in [-0.25, -0.2) is 14.8 Å². The fraction of sp³-hybridized carbons (Fsp3) is 0.294. The number of rotatable bonds is 8. The molecule has 0 bridgehead atoms. The molecule has 2 aromatic rings. The van der Waals surface area contributed by atoms with E-state index in [-0.39, 0.29) is 11.8 Å². The van der Waals surface area contributed by atoms with E-state index in [0.29, 0.717) is 23.7 Å². The van der Waals surface area contributed by atoms with Gasteiger partial charge in [0.05, 0.1) is 37.1 Å². The van der Waals surface area contributed by atoms with E-state index in [1.165, 1.54) is 19.3 Å². The number of esters is 1. The topological polar surface area (TPSA) is 98.1 Å². The first kappa shape index (κ1) is 19.5. The summed E-state index contributed by atoms with van der Waals surface area (Å²) in [5.74, 6) is -0.522. The van der Waals surface area contributed by atoms with Gasteiger partial charge in [0.2, 0.25) is 5.91 Å². The molecule has 0 aromatic carbocycles. The summed E-state index contributed by atoms with van der Waals surface area (Å²) in [7, 11) is 1.30. The Morgan fingerprint density at radius 1 is 1.38 bits per heavy atom. The van der Waals surface area contributed by atoms with Crippen LogP contribution in [0.1, 0.15) is 18.3 Å². The highest BCUT2D eigenvalue weighted by Crippen LogP contribution is 2.21. The van der Waals surface area contributed by atoms with E-state index in [1.54, 1.807) is 24.7 Å². The van der Waals surface area contributed by atoms with Crippen molar-refractivity contribution in [1.82, 2.24) is 14.5 Å². The van der Waals surface area contributed by atoms with Gasteiger partial charge in [-0.05, 0) is 25.1 Å². The molecule has 138 valence electrons. The van der Waals surface area contributed by atoms with E-state index in [1.807, 2.05) is 11.5 Å². The number of amides is 1. The second-order valence-corrected chi connectivity index (χ2v) is 5.46. The number of pyridine rings is 1. The average Bonchev–Trinajstić information content (AvgIpc) is 3.13. The van der Waals surface area contributed by atoms with E-state index in [9.17, 15) is 9.59 Å². The van der Waals surface area contributed by atoms with E-state index < -0.39 is 5.97 Å². The lowest BCUT2D eigenvalue weighted by atomic mass is 10.2. The largest absolute Gasteiger partial charge is 0.466 e. The molecule has 0 saturated heterocycles. The van der Waals surface area contributed by atoms with Crippen LogP contribution in [0.4, 0.5) is 11.5 Å². The summed E-state index contributed by atoms with van der Waals surface area (Å²) in [4.78, 5) is 31.4. The minimum Gasteiger partial charge on any atom is -0.466 e. The Kier molecular flexibility index (Phi) is 7.16. The lowest BCUT2D eigenvalue weighted by molar-refractivity contribution is -0.134. The summed E-state index contributed by atoms with van der Waals surface area (Å²) in [6.45, 7) is 3.28. The third kappa shape index (κ3) is 5.32. The molecule has 0 saturated carbocycles. The van der Waals surface area contributed by atoms with Crippen LogP contribution in [0.2, 0.25) is 0 Å². The molecule has 0 atom stereocenters. The molecule has 0 radical (unpaired) electrons. The second-order valence-electron chi connectivity index (χ2n) is 5.20. The Morgan fingerprint density at radius 2 is 2.19 bits per heavy atom. The third-order valence-electron chi connectivity index (χ3n) is 3.48. The summed E-state index contributed by atoms with van der Waals surface area (Å²) in [5.41, 5.74) is 2.00. The van der Waals surface area contributed by atoms with Gasteiger partial charge in [0.25, 0.3) is 0 Å². The van der Waals surface area contributed by atoms with Crippen molar-refractivity contribution < 1.29 is 14.3 Å². The molecule has 0 aliphatic heterocycles. The van der Waals surface area contributed by atoms with Crippen molar-refractivity contribution in [3.63, 3.8) is 0 Å². The van der Waals surface area contributed by atoms with Crippen LogP contribution >= 0.6 is 11.6 Å². The molecule has 1 amide bonds. The number of aryl methyl sites for hydroxylation is 1. The van der Waals surface area contributed by atoms with Gasteiger partial charge < -0.3 is 19.9 Å². The average molecular weight is 378 g/mol. The maximum Gasteiger partial charge on any atom is 0.330 e. The van der Waals surface area contributed by atoms with Gasteiger partial charge in [-0.2, -0.15) is 0 Å². The van der Waals surface area contributed by atoms with Crippen molar-refractivity contribution in [2.75, 3.05) is 23.6 Å². The lowest BCUT2D eigenvalue weighted by Gasteiger charge is -2.13. The number of hydrogen-bond acceptors (Lipinski definition) is 6. The number of alkyl halides is 1. The molecule has 0 aliphatic carbocycles. The van der Waals surface area contributed by atoms with Gasteiger partial charge in [0, 0.05) is 18.8 Å². The Labute approximate surface area is 156 Å². The van der Waals surface area contributed by atoms with Crippen molar-refractivity contribution in [2.24, 2.45) is 0 Å². The van der Waals surface area contributed by atoms with Crippen molar-refractivity contribution in [3.8, 4) is 0 Å². The molecule has 0 unspecified atom stereocenters. The molecule has 0 fully saturated rings. The number of halogens is 1. The number of carbonyl (C=O) groups excluding carboxylic acids is 2. The van der Waals surface area contributed by atoms with Gasteiger partial charge in [-0.1, -0.05) is 0 Å². The lowest BCUT2D eigenvalue weighted by Crippen LogP contribution is -2.16. The molecule has 2 aromatic heterocycles. The number of carbonyl (C=O) groups is 2. The van der Waals surface area contributed by atoms with Gasteiger partial charge in [0.1, 0.15) is 5.88 Å². The van der Waals surface area contributed by atoms with Crippen LogP contribution in [-0.2, 0) is 27.4 Å². The second kappa shape index (κ2) is 9.57. The van der Waals surface area contributed by atoms with Crippen LogP contribution in [0.3, 0.4) is 0 Å². The van der Waals surface area contributed by atoms with Crippen LogP contribution in [0.15, 0.2) is 30.7 Å². The van der Waals surface area contributed by atoms with E-state index >= 15 is 0 Å². The van der Waals surface area contributed by atoms with Crippen LogP contribution in [0, 0.1) is 0 Å². The Bertz CT molecular complexity index is 803. The molecule has 2 rings (SSSR count). The zero-order chi connectivity index (χ0) is 18.9. The van der Waals surface area contributed by atoms with Crippen LogP contribution in [-0.4, -0.2) is 39.4 Å². The molecule has 9 heteroatoms. The molecule has 0 spiro atoms. The zero-order valence-electron chi connectivity index (χ0n) is 14.5. The fourth-order valence-corrected chi connectivity index (χ4v) is 2.23. The van der Waals surface area contributed by atoms with E-state index in [2.05, 4.69) is 25.3 Å². The number of ether oxygens (including phenoxy) is 1. The Balaban J connectivity index is 2.24. The highest BCUT2D eigenvalue weighted by molar-refractivity contribution is 6.29.